The van der Waals surface area contributed by atoms with Crippen LogP contribution in [-0.4, -0.2) is 28.8 Å². The van der Waals surface area contributed by atoms with Crippen LogP contribution in [-0.2, 0) is 9.59 Å². The van der Waals surface area contributed by atoms with Crippen LogP contribution in [0.15, 0.2) is 18.2 Å². The van der Waals surface area contributed by atoms with E-state index in [1.165, 1.54) is 0 Å². The predicted molar refractivity (Wildman–Crippen MR) is 81.7 cm³/mol. The Morgan fingerprint density at radius 3 is 2.00 bits per heavy atom. The quantitative estimate of drug-likeness (QED) is 0.844. The smallest absolute Gasteiger partial charge is 0.313 e. The third kappa shape index (κ3) is 4.08. The van der Waals surface area contributed by atoms with E-state index in [9.17, 15) is 9.59 Å². The first kappa shape index (κ1) is 16.2. The number of rotatable bonds is 2. The highest BCUT2D eigenvalue weighted by Gasteiger charge is 2.29. The van der Waals surface area contributed by atoms with E-state index in [-0.39, 0.29) is 5.54 Å². The molecule has 4 heteroatoms. The third-order valence-corrected chi connectivity index (χ3v) is 3.04. The normalized spacial score (nSPS) is 11.1. The summed E-state index contributed by atoms with van der Waals surface area (Å²) in [6.45, 7) is 12.0. The maximum atomic E-state index is 12.2. The van der Waals surface area contributed by atoms with E-state index in [1.54, 1.807) is 4.90 Å². The minimum atomic E-state index is -0.591. The molecule has 0 aliphatic heterocycles. The van der Waals surface area contributed by atoms with Gasteiger partial charge in [-0.2, -0.15) is 0 Å². The van der Waals surface area contributed by atoms with Gasteiger partial charge in [-0.15, -0.1) is 0 Å². The van der Waals surface area contributed by atoms with Gasteiger partial charge in [0.05, 0.1) is 0 Å². The zero-order valence-electron chi connectivity index (χ0n) is 13.2. The van der Waals surface area contributed by atoms with Crippen molar-refractivity contribution in [1.29, 1.82) is 0 Å². The van der Waals surface area contributed by atoms with Crippen molar-refractivity contribution in [3.05, 3.63) is 29.3 Å². The summed E-state index contributed by atoms with van der Waals surface area (Å²) in [7, 11) is 0. The molecule has 20 heavy (non-hydrogen) atoms. The summed E-state index contributed by atoms with van der Waals surface area (Å²) in [6, 6.07) is 5.72. The molecule has 1 aromatic rings. The summed E-state index contributed by atoms with van der Waals surface area (Å²) in [4.78, 5) is 25.8. The van der Waals surface area contributed by atoms with E-state index < -0.39 is 11.8 Å². The van der Waals surface area contributed by atoms with Gasteiger partial charge in [0.15, 0.2) is 0 Å². The van der Waals surface area contributed by atoms with Crippen molar-refractivity contribution in [1.82, 2.24) is 4.90 Å². The van der Waals surface area contributed by atoms with Crippen LogP contribution in [0.5, 0.6) is 0 Å². The van der Waals surface area contributed by atoms with Gasteiger partial charge in [0, 0.05) is 17.8 Å². The zero-order chi connectivity index (χ0) is 15.5. The fourth-order valence-electron chi connectivity index (χ4n) is 2.28. The summed E-state index contributed by atoms with van der Waals surface area (Å²) < 4.78 is 0. The van der Waals surface area contributed by atoms with E-state index in [0.717, 1.165) is 11.1 Å². The molecule has 0 atom stereocenters. The lowest BCUT2D eigenvalue weighted by molar-refractivity contribution is -0.146. The van der Waals surface area contributed by atoms with E-state index in [0.29, 0.717) is 12.2 Å². The number of benzene rings is 1. The second kappa shape index (κ2) is 6.07. The van der Waals surface area contributed by atoms with Crippen LogP contribution in [0.25, 0.3) is 0 Å². The molecular weight excluding hydrogens is 252 g/mol. The molecule has 0 saturated carbocycles. The summed E-state index contributed by atoms with van der Waals surface area (Å²) in [6.07, 6.45) is 0. The summed E-state index contributed by atoms with van der Waals surface area (Å²) >= 11 is 0. The van der Waals surface area contributed by atoms with Crippen molar-refractivity contribution < 1.29 is 9.59 Å². The summed E-state index contributed by atoms with van der Waals surface area (Å²) in [5.41, 5.74) is 2.39. The van der Waals surface area contributed by atoms with Gasteiger partial charge in [0.25, 0.3) is 0 Å². The molecule has 0 saturated heterocycles. The number of anilines is 1. The van der Waals surface area contributed by atoms with Crippen LogP contribution in [0, 0.1) is 13.8 Å². The van der Waals surface area contributed by atoms with Crippen molar-refractivity contribution in [3.63, 3.8) is 0 Å². The maximum Gasteiger partial charge on any atom is 0.313 e. The lowest BCUT2D eigenvalue weighted by Crippen LogP contribution is -2.49. The summed E-state index contributed by atoms with van der Waals surface area (Å²) in [5.74, 6) is -1.09. The van der Waals surface area contributed by atoms with E-state index in [4.69, 9.17) is 0 Å². The van der Waals surface area contributed by atoms with Gasteiger partial charge < -0.3 is 10.2 Å². The van der Waals surface area contributed by atoms with Crippen LogP contribution in [0.1, 0.15) is 38.8 Å². The average molecular weight is 276 g/mol. The van der Waals surface area contributed by atoms with Crippen molar-refractivity contribution >= 4 is 17.5 Å². The second-order valence-corrected chi connectivity index (χ2v) is 6.05. The Morgan fingerprint density at radius 2 is 1.60 bits per heavy atom. The molecule has 0 unspecified atom stereocenters. The first-order valence-corrected chi connectivity index (χ1v) is 6.86. The molecule has 1 aromatic carbocycles. The molecule has 1 N–H and O–H groups in total. The Kier molecular flexibility index (Phi) is 4.93. The number of nitrogens with one attached hydrogen (secondary N) is 1. The van der Waals surface area contributed by atoms with Gasteiger partial charge in [0.2, 0.25) is 0 Å². The predicted octanol–water partition coefficient (Wildman–Crippen LogP) is 2.89. The molecule has 4 nitrogen and oxygen atoms in total. The van der Waals surface area contributed by atoms with Gasteiger partial charge in [-0.05, 0) is 64.8 Å². The Bertz CT molecular complexity index is 495. The Labute approximate surface area is 121 Å². The van der Waals surface area contributed by atoms with Crippen molar-refractivity contribution in [3.8, 4) is 0 Å². The maximum absolute atomic E-state index is 12.2. The van der Waals surface area contributed by atoms with Gasteiger partial charge in [0.1, 0.15) is 0 Å². The third-order valence-electron chi connectivity index (χ3n) is 3.04. The molecule has 0 radical (unpaired) electrons. The monoisotopic (exact) mass is 276 g/mol. The number of hydrogen-bond donors (Lipinski definition) is 1. The standard InChI is InChI=1S/C16H24N2O2/c1-7-18(16(4,5)6)15(20)14(19)17-13-9-11(2)8-12(3)10-13/h8-10H,7H2,1-6H3,(H,17,19). The number of carbonyl (C=O) groups is 2. The number of aryl methyl sites for hydroxylation is 2. The van der Waals surface area contributed by atoms with Crippen LogP contribution in [0.3, 0.4) is 0 Å². The number of carbonyl (C=O) groups excluding carboxylic acids is 2. The molecule has 110 valence electrons. The molecule has 0 heterocycles. The zero-order valence-corrected chi connectivity index (χ0v) is 13.2. The number of likely N-dealkylation sites (N-methyl/N-ethyl adjacent to an activating group) is 1. The molecule has 0 aliphatic carbocycles. The highest BCUT2D eigenvalue weighted by molar-refractivity contribution is 6.39. The van der Waals surface area contributed by atoms with Crippen molar-refractivity contribution in [2.75, 3.05) is 11.9 Å². The minimum absolute atomic E-state index is 0.369. The highest BCUT2D eigenvalue weighted by Crippen LogP contribution is 2.16. The van der Waals surface area contributed by atoms with E-state index in [2.05, 4.69) is 5.32 Å². The van der Waals surface area contributed by atoms with Gasteiger partial charge in [-0.25, -0.2) is 0 Å². The van der Waals surface area contributed by atoms with Crippen LogP contribution in [0.2, 0.25) is 0 Å². The number of hydrogen-bond acceptors (Lipinski definition) is 2. The second-order valence-electron chi connectivity index (χ2n) is 6.05. The SMILES string of the molecule is CCN(C(=O)C(=O)Nc1cc(C)cc(C)c1)C(C)(C)C. The molecular formula is C16H24N2O2. The molecule has 2 amide bonds. The van der Waals surface area contributed by atoms with Gasteiger partial charge >= 0.3 is 11.8 Å². The molecule has 0 spiro atoms. The molecule has 0 aromatic heterocycles. The van der Waals surface area contributed by atoms with Crippen molar-refractivity contribution in [2.24, 2.45) is 0 Å². The van der Waals surface area contributed by atoms with Gasteiger partial charge in [-0.3, -0.25) is 9.59 Å². The van der Waals surface area contributed by atoms with E-state index in [1.807, 2.05) is 59.7 Å². The van der Waals surface area contributed by atoms with Crippen LogP contribution < -0.4 is 5.32 Å². The lowest BCUT2D eigenvalue weighted by Gasteiger charge is -2.34. The largest absolute Gasteiger partial charge is 0.330 e. The first-order chi connectivity index (χ1) is 9.15. The topological polar surface area (TPSA) is 49.4 Å². The van der Waals surface area contributed by atoms with Crippen LogP contribution >= 0.6 is 0 Å². The molecule has 0 aliphatic rings. The fraction of sp³-hybridized carbons (Fsp3) is 0.500. The first-order valence-electron chi connectivity index (χ1n) is 6.86. The highest BCUT2D eigenvalue weighted by atomic mass is 16.2. The van der Waals surface area contributed by atoms with Gasteiger partial charge in [-0.1, -0.05) is 6.07 Å². The Morgan fingerprint density at radius 1 is 1.10 bits per heavy atom. The fourth-order valence-corrected chi connectivity index (χ4v) is 2.28. The lowest BCUT2D eigenvalue weighted by atomic mass is 10.1. The average Bonchev–Trinajstić information content (AvgIpc) is 2.25. The van der Waals surface area contributed by atoms with Crippen LogP contribution in [0.4, 0.5) is 5.69 Å². The Balaban J connectivity index is 2.87. The molecule has 1 rings (SSSR count). The van der Waals surface area contributed by atoms with Crippen molar-refractivity contribution in [2.45, 2.75) is 47.1 Å². The summed E-state index contributed by atoms with van der Waals surface area (Å²) in [5, 5.41) is 2.68. The minimum Gasteiger partial charge on any atom is -0.330 e. The Hall–Kier alpha value is -1.84. The van der Waals surface area contributed by atoms with E-state index >= 15 is 0 Å². The number of amides is 2. The number of nitrogens with zero attached hydrogens (tertiary/aromatic N) is 1. The molecule has 0 fully saturated rings. The molecule has 0 bridgehead atoms.